The van der Waals surface area contributed by atoms with E-state index in [9.17, 15) is 8.42 Å². The second-order valence-corrected chi connectivity index (χ2v) is 7.66. The van der Waals surface area contributed by atoms with Crippen molar-refractivity contribution in [1.29, 1.82) is 5.26 Å². The molecule has 0 aliphatic carbocycles. The van der Waals surface area contributed by atoms with Gasteiger partial charge in [0.15, 0.2) is 18.3 Å². The number of likely N-dealkylation sites (tertiary alicyclic amines) is 1. The Hall–Kier alpha value is -1.89. The highest BCUT2D eigenvalue weighted by molar-refractivity contribution is 7.91. The maximum atomic E-state index is 12.3. The van der Waals surface area contributed by atoms with Crippen molar-refractivity contribution in [3.63, 3.8) is 0 Å². The molecule has 7 nitrogen and oxygen atoms in total. The molecule has 0 aromatic carbocycles. The van der Waals surface area contributed by atoms with Crippen molar-refractivity contribution >= 4 is 21.4 Å². The first-order valence-electron chi connectivity index (χ1n) is 6.24. The van der Waals surface area contributed by atoms with Crippen LogP contribution in [-0.2, 0) is 10.0 Å². The SMILES string of the molecule is N#CN1CC[C@@H](NS(=O)(=O)c2ccc(-c3cnco3)s2)C1. The van der Waals surface area contributed by atoms with Crippen molar-refractivity contribution < 1.29 is 12.8 Å². The summed E-state index contributed by atoms with van der Waals surface area (Å²) in [6, 6.07) is 3.00. The lowest BCUT2D eigenvalue weighted by molar-refractivity contribution is 0.470. The fourth-order valence-corrected chi connectivity index (χ4v) is 4.70. The van der Waals surface area contributed by atoms with Gasteiger partial charge in [-0.2, -0.15) is 5.26 Å². The van der Waals surface area contributed by atoms with Gasteiger partial charge in [0.2, 0.25) is 10.0 Å². The van der Waals surface area contributed by atoms with Gasteiger partial charge in [0, 0.05) is 19.1 Å². The van der Waals surface area contributed by atoms with Crippen LogP contribution < -0.4 is 4.72 Å². The highest BCUT2D eigenvalue weighted by Gasteiger charge is 2.27. The Labute approximate surface area is 125 Å². The second kappa shape index (κ2) is 5.48. The van der Waals surface area contributed by atoms with Crippen LogP contribution in [0.2, 0.25) is 0 Å². The Balaban J connectivity index is 1.75. The summed E-state index contributed by atoms with van der Waals surface area (Å²) in [5, 5.41) is 8.79. The molecule has 2 aromatic heterocycles. The molecule has 3 heterocycles. The van der Waals surface area contributed by atoms with Gasteiger partial charge >= 0.3 is 0 Å². The number of sulfonamides is 1. The van der Waals surface area contributed by atoms with Crippen molar-refractivity contribution in [3.8, 4) is 16.8 Å². The molecular formula is C12H12N4O3S2. The van der Waals surface area contributed by atoms with Crippen LogP contribution in [0.25, 0.3) is 10.6 Å². The average molecular weight is 324 g/mol. The summed E-state index contributed by atoms with van der Waals surface area (Å²) in [6.07, 6.45) is 5.50. The van der Waals surface area contributed by atoms with Crippen LogP contribution in [0.5, 0.6) is 0 Å². The van der Waals surface area contributed by atoms with Crippen LogP contribution in [-0.4, -0.2) is 37.4 Å². The van der Waals surface area contributed by atoms with E-state index in [4.69, 9.17) is 9.68 Å². The largest absolute Gasteiger partial charge is 0.443 e. The molecule has 1 N–H and O–H groups in total. The van der Waals surface area contributed by atoms with Gasteiger partial charge in [-0.05, 0) is 18.6 Å². The van der Waals surface area contributed by atoms with Gasteiger partial charge in [0.1, 0.15) is 4.21 Å². The predicted molar refractivity (Wildman–Crippen MR) is 75.7 cm³/mol. The van der Waals surface area contributed by atoms with Crippen molar-refractivity contribution in [2.75, 3.05) is 13.1 Å². The fraction of sp³-hybridized carbons (Fsp3) is 0.333. The maximum Gasteiger partial charge on any atom is 0.250 e. The number of hydrogen-bond donors (Lipinski definition) is 1. The molecule has 1 atom stereocenters. The third-order valence-corrected chi connectivity index (χ3v) is 6.28. The summed E-state index contributed by atoms with van der Waals surface area (Å²) in [7, 11) is -3.58. The minimum Gasteiger partial charge on any atom is -0.443 e. The molecule has 0 saturated carbocycles. The molecule has 1 aliphatic heterocycles. The zero-order chi connectivity index (χ0) is 14.9. The highest BCUT2D eigenvalue weighted by atomic mass is 32.2. The lowest BCUT2D eigenvalue weighted by Gasteiger charge is -2.11. The summed E-state index contributed by atoms with van der Waals surface area (Å²) in [5.74, 6) is 0.540. The van der Waals surface area contributed by atoms with E-state index in [1.807, 2.05) is 6.19 Å². The minimum atomic E-state index is -3.58. The molecule has 1 aliphatic rings. The molecule has 2 aromatic rings. The quantitative estimate of drug-likeness (QED) is 0.849. The number of nitrogens with zero attached hydrogens (tertiary/aromatic N) is 3. The van der Waals surface area contributed by atoms with Gasteiger partial charge < -0.3 is 9.32 Å². The summed E-state index contributed by atoms with van der Waals surface area (Å²) < 4.78 is 32.6. The second-order valence-electron chi connectivity index (χ2n) is 4.64. The van der Waals surface area contributed by atoms with Gasteiger partial charge in [-0.25, -0.2) is 18.1 Å². The summed E-state index contributed by atoms with van der Waals surface area (Å²) in [4.78, 5) is 6.06. The van der Waals surface area contributed by atoms with Crippen LogP contribution >= 0.6 is 11.3 Å². The van der Waals surface area contributed by atoms with Crippen LogP contribution in [0.4, 0.5) is 0 Å². The number of nitriles is 1. The average Bonchev–Trinajstić information content (AvgIpc) is 3.19. The molecular weight excluding hydrogens is 312 g/mol. The summed E-state index contributed by atoms with van der Waals surface area (Å²) >= 11 is 1.12. The first-order chi connectivity index (χ1) is 10.1. The number of oxazole rings is 1. The van der Waals surface area contributed by atoms with E-state index in [2.05, 4.69) is 9.71 Å². The molecule has 9 heteroatoms. The first-order valence-corrected chi connectivity index (χ1v) is 8.54. The monoisotopic (exact) mass is 324 g/mol. The van der Waals surface area contributed by atoms with Crippen molar-refractivity contribution in [2.24, 2.45) is 0 Å². The Kier molecular flexibility index (Phi) is 3.67. The number of aromatic nitrogens is 1. The van der Waals surface area contributed by atoms with E-state index in [-0.39, 0.29) is 10.3 Å². The molecule has 110 valence electrons. The molecule has 1 fully saturated rings. The molecule has 0 amide bonds. The molecule has 0 spiro atoms. The van der Waals surface area contributed by atoms with Crippen molar-refractivity contribution in [1.82, 2.24) is 14.6 Å². The highest BCUT2D eigenvalue weighted by Crippen LogP contribution is 2.30. The Morgan fingerprint density at radius 1 is 1.52 bits per heavy atom. The van der Waals surface area contributed by atoms with Crippen LogP contribution in [0.15, 0.2) is 33.3 Å². The smallest absolute Gasteiger partial charge is 0.250 e. The Morgan fingerprint density at radius 2 is 2.38 bits per heavy atom. The predicted octanol–water partition coefficient (Wildman–Crippen LogP) is 1.24. The standard InChI is InChI=1S/C12H12N4O3S2/c13-7-16-4-3-9(6-16)15-21(17,18)12-2-1-11(20-12)10-5-14-8-19-10/h1-2,5,8-9,15H,3-4,6H2/t9-/m1/s1. The molecule has 21 heavy (non-hydrogen) atoms. The van der Waals surface area contributed by atoms with E-state index < -0.39 is 10.0 Å². The Morgan fingerprint density at radius 3 is 3.05 bits per heavy atom. The minimum absolute atomic E-state index is 0.226. The maximum absolute atomic E-state index is 12.3. The zero-order valence-corrected chi connectivity index (χ0v) is 12.5. The Bertz CT molecular complexity index is 761. The summed E-state index contributed by atoms with van der Waals surface area (Å²) in [5.41, 5.74) is 0. The molecule has 1 saturated heterocycles. The van der Waals surface area contributed by atoms with Crippen LogP contribution in [0.1, 0.15) is 6.42 Å². The van der Waals surface area contributed by atoms with Crippen molar-refractivity contribution in [2.45, 2.75) is 16.7 Å². The van der Waals surface area contributed by atoms with E-state index in [1.54, 1.807) is 17.0 Å². The third-order valence-electron chi connectivity index (χ3n) is 3.17. The van der Waals surface area contributed by atoms with E-state index in [1.165, 1.54) is 12.6 Å². The van der Waals surface area contributed by atoms with Gasteiger partial charge in [0.25, 0.3) is 0 Å². The van der Waals surface area contributed by atoms with E-state index in [0.717, 1.165) is 11.3 Å². The van der Waals surface area contributed by atoms with Gasteiger partial charge in [-0.15, -0.1) is 11.3 Å². The van der Waals surface area contributed by atoms with Crippen LogP contribution in [0.3, 0.4) is 0 Å². The normalized spacial score (nSPS) is 18.8. The van der Waals surface area contributed by atoms with Gasteiger partial charge in [0.05, 0.1) is 11.1 Å². The third kappa shape index (κ3) is 2.92. The fourth-order valence-electron chi connectivity index (χ4n) is 2.16. The molecule has 0 radical (unpaired) electrons. The number of hydrogen-bond acceptors (Lipinski definition) is 7. The number of nitrogens with one attached hydrogen (secondary N) is 1. The van der Waals surface area contributed by atoms with Gasteiger partial charge in [-0.1, -0.05) is 0 Å². The van der Waals surface area contributed by atoms with E-state index >= 15 is 0 Å². The molecule has 3 rings (SSSR count). The van der Waals surface area contributed by atoms with Crippen LogP contribution in [0, 0.1) is 11.5 Å². The summed E-state index contributed by atoms with van der Waals surface area (Å²) in [6.45, 7) is 0.994. The first kappa shape index (κ1) is 14.1. The topological polar surface area (TPSA) is 99.2 Å². The zero-order valence-electron chi connectivity index (χ0n) is 10.9. The number of rotatable bonds is 4. The lowest BCUT2D eigenvalue weighted by atomic mass is 10.3. The number of thiophene rings is 1. The lowest BCUT2D eigenvalue weighted by Crippen LogP contribution is -2.36. The van der Waals surface area contributed by atoms with Gasteiger partial charge in [-0.3, -0.25) is 0 Å². The molecule has 0 bridgehead atoms. The molecule has 0 unspecified atom stereocenters. The van der Waals surface area contributed by atoms with Crippen molar-refractivity contribution in [3.05, 3.63) is 24.7 Å². The van der Waals surface area contributed by atoms with E-state index in [0.29, 0.717) is 30.1 Å².